The first-order valence-electron chi connectivity index (χ1n) is 8.60. The van der Waals surface area contributed by atoms with Crippen molar-refractivity contribution in [3.05, 3.63) is 60.2 Å². The van der Waals surface area contributed by atoms with Gasteiger partial charge >= 0.3 is 7.75 Å². The number of benzene rings is 2. The molecule has 0 bridgehead atoms. The minimum absolute atomic E-state index is 0.0131. The molecule has 0 aromatic heterocycles. The van der Waals surface area contributed by atoms with Crippen LogP contribution in [-0.2, 0) is 4.57 Å². The quantitative estimate of drug-likeness (QED) is 0.753. The van der Waals surface area contributed by atoms with Crippen molar-refractivity contribution < 1.29 is 23.8 Å². The molecule has 1 aliphatic heterocycles. The van der Waals surface area contributed by atoms with Gasteiger partial charge in [-0.1, -0.05) is 30.3 Å². The van der Waals surface area contributed by atoms with E-state index in [2.05, 4.69) is 12.1 Å². The lowest BCUT2D eigenvalue weighted by Gasteiger charge is -2.38. The highest BCUT2D eigenvalue weighted by Gasteiger charge is 2.37. The molecule has 1 aliphatic rings. The van der Waals surface area contributed by atoms with E-state index in [0.717, 1.165) is 5.75 Å². The highest BCUT2D eigenvalue weighted by atomic mass is 31.2. The van der Waals surface area contributed by atoms with Crippen molar-refractivity contribution >= 4 is 7.75 Å². The monoisotopic (exact) mass is 377 g/mol. The van der Waals surface area contributed by atoms with Crippen LogP contribution < -0.4 is 9.47 Å². The van der Waals surface area contributed by atoms with E-state index >= 15 is 0 Å². The second kappa shape index (κ2) is 8.23. The van der Waals surface area contributed by atoms with Crippen LogP contribution >= 0.6 is 7.75 Å². The Labute approximate surface area is 153 Å². The smallest absolute Gasteiger partial charge is 0.403 e. The van der Waals surface area contributed by atoms with Gasteiger partial charge in [0.15, 0.2) is 0 Å². The van der Waals surface area contributed by atoms with Gasteiger partial charge in [0.05, 0.1) is 13.7 Å². The second-order valence-corrected chi connectivity index (χ2v) is 8.07. The van der Waals surface area contributed by atoms with Crippen LogP contribution in [0, 0.1) is 5.92 Å². The number of rotatable bonds is 6. The molecule has 0 aliphatic carbocycles. The highest BCUT2D eigenvalue weighted by Crippen LogP contribution is 2.46. The van der Waals surface area contributed by atoms with E-state index in [4.69, 9.17) is 9.47 Å². The van der Waals surface area contributed by atoms with Crippen molar-refractivity contribution in [3.8, 4) is 11.5 Å². The van der Waals surface area contributed by atoms with Gasteiger partial charge < -0.3 is 19.3 Å². The molecule has 1 heterocycles. The normalized spacial score (nSPS) is 21.3. The predicted molar refractivity (Wildman–Crippen MR) is 99.4 cm³/mol. The molecule has 0 amide bonds. The molecule has 2 aromatic carbocycles. The van der Waals surface area contributed by atoms with E-state index in [1.165, 1.54) is 10.2 Å². The number of hydrogen-bond donors (Lipinski definition) is 2. The minimum Gasteiger partial charge on any atom is -0.497 e. The summed E-state index contributed by atoms with van der Waals surface area (Å²) in [5.41, 5.74) is 1.18. The van der Waals surface area contributed by atoms with Gasteiger partial charge in [-0.3, -0.25) is 0 Å². The van der Waals surface area contributed by atoms with Gasteiger partial charge in [-0.15, -0.1) is 0 Å². The number of methoxy groups -OCH3 is 1. The summed E-state index contributed by atoms with van der Waals surface area (Å²) in [6.07, 6.45) is 0.686. The molecule has 2 unspecified atom stereocenters. The standard InChI is InChI=1S/C19H24NO5P/c1-24-17-7-9-18(10-8-17)25-14-16-13-20(26(21,22)23)12-11-19(16)15-5-3-2-4-6-15/h2-10,16,19H,11-14H2,1H3,(H2,21,22,23). The first-order valence-corrected chi connectivity index (χ1v) is 10.2. The van der Waals surface area contributed by atoms with Gasteiger partial charge in [0, 0.05) is 19.0 Å². The largest absolute Gasteiger partial charge is 0.497 e. The SMILES string of the molecule is COc1ccc(OCC2CN(P(=O)(O)O)CCC2c2ccccc2)cc1. The van der Waals surface area contributed by atoms with Crippen LogP contribution in [0.3, 0.4) is 0 Å². The summed E-state index contributed by atoms with van der Waals surface area (Å²) in [4.78, 5) is 19.1. The number of ether oxygens (including phenoxy) is 2. The first kappa shape index (κ1) is 18.9. The Hall–Kier alpha value is -1.85. The van der Waals surface area contributed by atoms with Crippen molar-refractivity contribution in [3.63, 3.8) is 0 Å². The highest BCUT2D eigenvalue weighted by molar-refractivity contribution is 7.49. The van der Waals surface area contributed by atoms with E-state index in [1.807, 2.05) is 42.5 Å². The third kappa shape index (κ3) is 4.65. The lowest BCUT2D eigenvalue weighted by molar-refractivity contribution is 0.138. The van der Waals surface area contributed by atoms with Gasteiger partial charge in [0.25, 0.3) is 0 Å². The molecule has 7 heteroatoms. The lowest BCUT2D eigenvalue weighted by Crippen LogP contribution is -2.40. The third-order valence-corrected chi connectivity index (χ3v) is 5.93. The van der Waals surface area contributed by atoms with Gasteiger partial charge in [-0.2, -0.15) is 0 Å². The summed E-state index contributed by atoms with van der Waals surface area (Å²) < 4.78 is 24.0. The Balaban J connectivity index is 1.74. The molecule has 0 spiro atoms. The van der Waals surface area contributed by atoms with Crippen LogP contribution in [0.5, 0.6) is 11.5 Å². The molecule has 140 valence electrons. The molecule has 2 atom stereocenters. The Bertz CT molecular complexity index is 746. The van der Waals surface area contributed by atoms with Crippen LogP contribution in [0.15, 0.2) is 54.6 Å². The van der Waals surface area contributed by atoms with E-state index in [0.29, 0.717) is 31.9 Å². The molecule has 26 heavy (non-hydrogen) atoms. The Kier molecular flexibility index (Phi) is 5.99. The van der Waals surface area contributed by atoms with Crippen molar-refractivity contribution in [2.24, 2.45) is 5.92 Å². The molecule has 0 saturated carbocycles. The summed E-state index contributed by atoms with van der Waals surface area (Å²) >= 11 is 0. The zero-order chi connectivity index (χ0) is 18.6. The molecule has 0 radical (unpaired) electrons. The topological polar surface area (TPSA) is 79.2 Å². The number of hydrogen-bond acceptors (Lipinski definition) is 3. The minimum atomic E-state index is -4.24. The number of piperidine rings is 1. The number of nitrogens with zero attached hydrogens (tertiary/aromatic N) is 1. The van der Waals surface area contributed by atoms with Gasteiger partial charge in [0.2, 0.25) is 0 Å². The zero-order valence-electron chi connectivity index (χ0n) is 14.7. The van der Waals surface area contributed by atoms with Crippen molar-refractivity contribution in [1.82, 2.24) is 4.67 Å². The molecule has 1 saturated heterocycles. The van der Waals surface area contributed by atoms with Crippen LogP contribution in [0.2, 0.25) is 0 Å². The average molecular weight is 377 g/mol. The Morgan fingerprint density at radius 3 is 2.35 bits per heavy atom. The van der Waals surface area contributed by atoms with Gasteiger partial charge in [0.1, 0.15) is 11.5 Å². The molecule has 6 nitrogen and oxygen atoms in total. The van der Waals surface area contributed by atoms with Crippen LogP contribution in [0.1, 0.15) is 17.9 Å². The summed E-state index contributed by atoms with van der Waals surface area (Å²) in [7, 11) is -2.63. The molecular formula is C19H24NO5P. The van der Waals surface area contributed by atoms with Crippen LogP contribution in [0.4, 0.5) is 0 Å². The summed E-state index contributed by atoms with van der Waals surface area (Å²) in [5, 5.41) is 0. The maximum Gasteiger partial charge on any atom is 0.403 e. The maximum atomic E-state index is 11.7. The fourth-order valence-electron chi connectivity index (χ4n) is 3.43. The van der Waals surface area contributed by atoms with E-state index < -0.39 is 7.75 Å². The maximum absolute atomic E-state index is 11.7. The van der Waals surface area contributed by atoms with Crippen molar-refractivity contribution in [1.29, 1.82) is 0 Å². The Morgan fingerprint density at radius 2 is 1.73 bits per heavy atom. The molecule has 3 rings (SSSR count). The van der Waals surface area contributed by atoms with Gasteiger partial charge in [-0.05, 0) is 42.2 Å². The van der Waals surface area contributed by atoms with Gasteiger partial charge in [-0.25, -0.2) is 9.24 Å². The predicted octanol–water partition coefficient (Wildman–Crippen LogP) is 3.27. The molecule has 2 N–H and O–H groups in total. The molecule has 1 fully saturated rings. The van der Waals surface area contributed by atoms with Crippen LogP contribution in [-0.4, -0.2) is 41.3 Å². The Morgan fingerprint density at radius 1 is 1.08 bits per heavy atom. The summed E-state index contributed by atoms with van der Waals surface area (Å²) in [6, 6.07) is 17.4. The van der Waals surface area contributed by atoms with Crippen molar-refractivity contribution in [2.75, 3.05) is 26.8 Å². The summed E-state index contributed by atoms with van der Waals surface area (Å²) in [6.45, 7) is 1.07. The van der Waals surface area contributed by atoms with E-state index in [1.54, 1.807) is 7.11 Å². The van der Waals surface area contributed by atoms with Crippen molar-refractivity contribution in [2.45, 2.75) is 12.3 Å². The lowest BCUT2D eigenvalue weighted by atomic mass is 9.81. The molecule has 2 aromatic rings. The summed E-state index contributed by atoms with van der Waals surface area (Å²) in [5.74, 6) is 1.66. The molecular weight excluding hydrogens is 353 g/mol. The van der Waals surface area contributed by atoms with E-state index in [-0.39, 0.29) is 11.8 Å². The zero-order valence-corrected chi connectivity index (χ0v) is 15.6. The first-order chi connectivity index (χ1) is 12.5. The fraction of sp³-hybridized carbons (Fsp3) is 0.368. The van der Waals surface area contributed by atoms with E-state index in [9.17, 15) is 14.4 Å². The fourth-order valence-corrected chi connectivity index (χ4v) is 4.23. The third-order valence-electron chi connectivity index (χ3n) is 4.83. The average Bonchev–Trinajstić information content (AvgIpc) is 2.66. The van der Waals surface area contributed by atoms with Crippen LogP contribution in [0.25, 0.3) is 0 Å². The second-order valence-electron chi connectivity index (χ2n) is 6.48.